The van der Waals surface area contributed by atoms with Crippen LogP contribution in [0, 0.1) is 0 Å². The van der Waals surface area contributed by atoms with E-state index < -0.39 is 0 Å². The van der Waals surface area contributed by atoms with Crippen LogP contribution in [0.1, 0.15) is 31.7 Å². The predicted molar refractivity (Wildman–Crippen MR) is 79.0 cm³/mol. The Hall–Kier alpha value is -1.62. The largest absolute Gasteiger partial charge is 0.493 e. The van der Waals surface area contributed by atoms with Crippen molar-refractivity contribution in [3.8, 4) is 5.75 Å². The fourth-order valence-electron chi connectivity index (χ4n) is 1.42. The molecule has 0 fully saturated rings. The summed E-state index contributed by atoms with van der Waals surface area (Å²) in [5.74, 6) is 0.821. The molecule has 4 nitrogen and oxygen atoms in total. The third-order valence-electron chi connectivity index (χ3n) is 2.30. The molecule has 0 unspecified atom stereocenters. The maximum atomic E-state index is 5.71. The van der Waals surface area contributed by atoms with Gasteiger partial charge in [-0.2, -0.15) is 5.10 Å². The zero-order valence-electron chi connectivity index (χ0n) is 10.6. The summed E-state index contributed by atoms with van der Waals surface area (Å²) in [6.07, 6.45) is 5.07. The zero-order chi connectivity index (χ0) is 13.2. The highest BCUT2D eigenvalue weighted by molar-refractivity contribution is 7.80. The second kappa shape index (κ2) is 8.47. The van der Waals surface area contributed by atoms with E-state index in [1.54, 1.807) is 6.21 Å². The number of unbranched alkanes of at least 4 members (excludes halogenated alkanes) is 2. The number of para-hydroxylation sites is 1. The lowest BCUT2D eigenvalue weighted by Crippen LogP contribution is -2.24. The molecular weight excluding hydrogens is 246 g/mol. The molecule has 0 atom stereocenters. The fraction of sp³-hybridized carbons (Fsp3) is 0.385. The second-order valence-corrected chi connectivity index (χ2v) is 4.27. The van der Waals surface area contributed by atoms with Crippen LogP contribution in [0.15, 0.2) is 29.4 Å². The van der Waals surface area contributed by atoms with Gasteiger partial charge in [0.25, 0.3) is 0 Å². The third-order valence-corrected chi connectivity index (χ3v) is 2.39. The highest BCUT2D eigenvalue weighted by Gasteiger charge is 1.99. The van der Waals surface area contributed by atoms with E-state index in [4.69, 9.17) is 10.5 Å². The van der Waals surface area contributed by atoms with E-state index in [2.05, 4.69) is 29.7 Å². The van der Waals surface area contributed by atoms with Crippen LogP contribution in [0.25, 0.3) is 0 Å². The number of hydrogen-bond donors (Lipinski definition) is 2. The van der Waals surface area contributed by atoms with Crippen LogP contribution >= 0.6 is 12.2 Å². The van der Waals surface area contributed by atoms with E-state index >= 15 is 0 Å². The Morgan fingerprint density at radius 1 is 1.44 bits per heavy atom. The van der Waals surface area contributed by atoms with Gasteiger partial charge in [-0.15, -0.1) is 0 Å². The average molecular weight is 265 g/mol. The monoisotopic (exact) mass is 265 g/mol. The molecule has 18 heavy (non-hydrogen) atoms. The number of nitrogens with zero attached hydrogens (tertiary/aromatic N) is 1. The van der Waals surface area contributed by atoms with Crippen molar-refractivity contribution in [2.45, 2.75) is 26.2 Å². The Bertz CT molecular complexity index is 407. The Morgan fingerprint density at radius 3 is 2.94 bits per heavy atom. The average Bonchev–Trinajstić information content (AvgIpc) is 2.36. The number of hydrazone groups is 1. The van der Waals surface area contributed by atoms with Gasteiger partial charge in [-0.05, 0) is 30.8 Å². The molecule has 1 rings (SSSR count). The van der Waals surface area contributed by atoms with Gasteiger partial charge >= 0.3 is 0 Å². The topological polar surface area (TPSA) is 59.6 Å². The first kappa shape index (κ1) is 14.4. The Morgan fingerprint density at radius 2 is 2.22 bits per heavy atom. The molecule has 0 saturated carbocycles. The van der Waals surface area contributed by atoms with Gasteiger partial charge in [0.05, 0.1) is 12.8 Å². The van der Waals surface area contributed by atoms with Crippen molar-refractivity contribution in [3.63, 3.8) is 0 Å². The van der Waals surface area contributed by atoms with E-state index in [9.17, 15) is 0 Å². The van der Waals surface area contributed by atoms with E-state index in [1.165, 1.54) is 12.8 Å². The number of benzene rings is 1. The summed E-state index contributed by atoms with van der Waals surface area (Å²) in [4.78, 5) is 0. The lowest BCUT2D eigenvalue weighted by atomic mass is 10.2. The summed E-state index contributed by atoms with van der Waals surface area (Å²) in [5.41, 5.74) is 8.70. The van der Waals surface area contributed by atoms with E-state index in [1.807, 2.05) is 24.3 Å². The van der Waals surface area contributed by atoms with Crippen LogP contribution in [0.2, 0.25) is 0 Å². The normalized spacial score (nSPS) is 10.5. The summed E-state index contributed by atoms with van der Waals surface area (Å²) in [7, 11) is 0. The minimum absolute atomic E-state index is 0.146. The molecule has 0 aliphatic carbocycles. The van der Waals surface area contributed by atoms with Crippen LogP contribution in [0.5, 0.6) is 5.75 Å². The quantitative estimate of drug-likeness (QED) is 0.344. The minimum atomic E-state index is 0.146. The maximum absolute atomic E-state index is 5.71. The molecule has 0 radical (unpaired) electrons. The van der Waals surface area contributed by atoms with Crippen LogP contribution in [0.4, 0.5) is 0 Å². The van der Waals surface area contributed by atoms with Crippen molar-refractivity contribution in [2.24, 2.45) is 10.8 Å². The molecule has 3 N–H and O–H groups in total. The Labute approximate surface area is 113 Å². The molecule has 0 aliphatic heterocycles. The third kappa shape index (κ3) is 5.63. The van der Waals surface area contributed by atoms with Crippen LogP contribution < -0.4 is 15.9 Å². The fourth-order valence-corrected chi connectivity index (χ4v) is 1.47. The van der Waals surface area contributed by atoms with E-state index in [0.717, 1.165) is 24.3 Å². The van der Waals surface area contributed by atoms with Crippen molar-refractivity contribution < 1.29 is 4.74 Å². The predicted octanol–water partition coefficient (Wildman–Crippen LogP) is 2.42. The van der Waals surface area contributed by atoms with E-state index in [0.29, 0.717) is 0 Å². The van der Waals surface area contributed by atoms with Crippen LogP contribution in [0.3, 0.4) is 0 Å². The molecule has 0 aliphatic rings. The minimum Gasteiger partial charge on any atom is -0.493 e. The van der Waals surface area contributed by atoms with Gasteiger partial charge in [-0.1, -0.05) is 31.9 Å². The molecule has 1 aromatic rings. The molecule has 0 bridgehead atoms. The number of nitrogens with one attached hydrogen (secondary N) is 1. The molecule has 0 saturated heterocycles. The molecule has 0 aromatic heterocycles. The number of hydrogen-bond acceptors (Lipinski definition) is 3. The lowest BCUT2D eigenvalue weighted by molar-refractivity contribution is 0.306. The van der Waals surface area contributed by atoms with Gasteiger partial charge < -0.3 is 10.5 Å². The molecule has 0 spiro atoms. The number of nitrogens with two attached hydrogens (primary N) is 1. The molecule has 0 amide bonds. The smallest absolute Gasteiger partial charge is 0.184 e. The maximum Gasteiger partial charge on any atom is 0.184 e. The highest BCUT2D eigenvalue weighted by atomic mass is 32.1. The Kier molecular flexibility index (Phi) is 6.79. The van der Waals surface area contributed by atoms with Crippen LogP contribution in [-0.2, 0) is 0 Å². The summed E-state index contributed by atoms with van der Waals surface area (Å²) in [5, 5.41) is 4.07. The van der Waals surface area contributed by atoms with Crippen molar-refractivity contribution in [2.75, 3.05) is 6.61 Å². The van der Waals surface area contributed by atoms with Gasteiger partial charge in [0.15, 0.2) is 5.11 Å². The first-order valence-electron chi connectivity index (χ1n) is 6.04. The van der Waals surface area contributed by atoms with Crippen molar-refractivity contribution in [3.05, 3.63) is 29.8 Å². The lowest BCUT2D eigenvalue weighted by Gasteiger charge is -2.08. The highest BCUT2D eigenvalue weighted by Crippen LogP contribution is 2.16. The summed E-state index contributed by atoms with van der Waals surface area (Å²) in [6.45, 7) is 2.89. The molecule has 5 heteroatoms. The summed E-state index contributed by atoms with van der Waals surface area (Å²) in [6, 6.07) is 7.72. The Balaban J connectivity index is 2.56. The van der Waals surface area contributed by atoms with Gasteiger partial charge in [-0.3, -0.25) is 5.43 Å². The number of rotatable bonds is 7. The SMILES string of the molecule is CCCCCOc1ccccc1/C=N\NC(N)=S. The van der Waals surface area contributed by atoms with E-state index in [-0.39, 0.29) is 5.11 Å². The number of ether oxygens (including phenoxy) is 1. The van der Waals surface area contributed by atoms with Crippen LogP contribution in [-0.4, -0.2) is 17.9 Å². The first-order chi connectivity index (χ1) is 8.74. The van der Waals surface area contributed by atoms with Gasteiger partial charge in [-0.25, -0.2) is 0 Å². The standard InChI is InChI=1S/C13H19N3OS/c1-2-3-6-9-17-12-8-5-4-7-11(12)10-15-16-13(14)18/h4-5,7-8,10H,2-3,6,9H2,1H3,(H3,14,16,18)/b15-10-. The first-order valence-corrected chi connectivity index (χ1v) is 6.45. The summed E-state index contributed by atoms with van der Waals surface area (Å²) >= 11 is 4.66. The summed E-state index contributed by atoms with van der Waals surface area (Å²) < 4.78 is 5.71. The number of thiocarbonyl (C=S) groups is 1. The van der Waals surface area contributed by atoms with Gasteiger partial charge in [0.2, 0.25) is 0 Å². The van der Waals surface area contributed by atoms with Gasteiger partial charge in [0.1, 0.15) is 5.75 Å². The zero-order valence-corrected chi connectivity index (χ0v) is 11.4. The van der Waals surface area contributed by atoms with Gasteiger partial charge in [0, 0.05) is 5.56 Å². The molecule has 1 aromatic carbocycles. The molecule has 98 valence electrons. The second-order valence-electron chi connectivity index (χ2n) is 3.83. The van der Waals surface area contributed by atoms with Crippen molar-refractivity contribution >= 4 is 23.5 Å². The van der Waals surface area contributed by atoms with Crippen molar-refractivity contribution in [1.29, 1.82) is 0 Å². The van der Waals surface area contributed by atoms with Crippen molar-refractivity contribution in [1.82, 2.24) is 5.43 Å². The molecular formula is C13H19N3OS. The molecule has 0 heterocycles.